The van der Waals surface area contributed by atoms with Gasteiger partial charge in [0, 0.05) is 30.4 Å². The lowest BCUT2D eigenvalue weighted by molar-refractivity contribution is -0.385. The van der Waals surface area contributed by atoms with Gasteiger partial charge in [-0.25, -0.2) is 0 Å². The maximum atomic E-state index is 11.0. The minimum absolute atomic E-state index is 0.0695. The summed E-state index contributed by atoms with van der Waals surface area (Å²) in [5.41, 5.74) is 1.78. The van der Waals surface area contributed by atoms with Gasteiger partial charge in [-0.1, -0.05) is 17.3 Å². The summed E-state index contributed by atoms with van der Waals surface area (Å²) in [5.74, 6) is 0. The van der Waals surface area contributed by atoms with Crippen LogP contribution in [0.2, 0.25) is 0 Å². The molecular weight excluding hydrogens is 270 g/mol. The lowest BCUT2D eigenvalue weighted by Crippen LogP contribution is -2.21. The van der Waals surface area contributed by atoms with E-state index in [9.17, 15) is 10.1 Å². The maximum Gasteiger partial charge on any atom is 0.272 e. The molecule has 1 aromatic heterocycles. The van der Waals surface area contributed by atoms with E-state index in [-0.39, 0.29) is 16.7 Å². The molecule has 21 heavy (non-hydrogen) atoms. The zero-order chi connectivity index (χ0) is 15.2. The summed E-state index contributed by atoms with van der Waals surface area (Å²) in [4.78, 5) is 10.6. The average molecular weight is 289 g/mol. The van der Waals surface area contributed by atoms with Crippen LogP contribution in [-0.4, -0.2) is 26.5 Å². The molecule has 0 fully saturated rings. The highest BCUT2D eigenvalue weighted by Crippen LogP contribution is 2.23. The molecule has 0 spiro atoms. The first kappa shape index (κ1) is 15.1. The van der Waals surface area contributed by atoms with Gasteiger partial charge in [-0.3, -0.25) is 14.8 Å². The van der Waals surface area contributed by atoms with Gasteiger partial charge in [0.25, 0.3) is 5.69 Å². The zero-order valence-electron chi connectivity index (χ0n) is 12.2. The van der Waals surface area contributed by atoms with E-state index in [1.165, 1.54) is 0 Å². The third kappa shape index (κ3) is 4.09. The molecule has 1 unspecified atom stereocenters. The Kier molecular flexibility index (Phi) is 4.99. The molecule has 1 heterocycles. The van der Waals surface area contributed by atoms with E-state index in [2.05, 4.69) is 15.6 Å². The van der Waals surface area contributed by atoms with Gasteiger partial charge in [0.1, 0.15) is 0 Å². The number of aryl methyl sites for hydroxylation is 2. The number of benzene rings is 1. The molecular formula is C14H19N5O2. The number of hydrogen-bond donors (Lipinski definition) is 1. The summed E-state index contributed by atoms with van der Waals surface area (Å²) in [7, 11) is 0. The Morgan fingerprint density at radius 2 is 2.29 bits per heavy atom. The van der Waals surface area contributed by atoms with Crippen LogP contribution in [0.15, 0.2) is 30.6 Å². The van der Waals surface area contributed by atoms with Crippen molar-refractivity contribution in [1.82, 2.24) is 20.3 Å². The van der Waals surface area contributed by atoms with Gasteiger partial charge >= 0.3 is 0 Å². The van der Waals surface area contributed by atoms with E-state index in [1.54, 1.807) is 29.9 Å². The van der Waals surface area contributed by atoms with Crippen molar-refractivity contribution < 1.29 is 4.92 Å². The predicted octanol–water partition coefficient (Wildman–Crippen LogP) is 2.24. The molecule has 0 saturated heterocycles. The highest BCUT2D eigenvalue weighted by atomic mass is 16.6. The Morgan fingerprint density at radius 3 is 2.95 bits per heavy atom. The predicted molar refractivity (Wildman–Crippen MR) is 78.9 cm³/mol. The summed E-state index contributed by atoms with van der Waals surface area (Å²) >= 11 is 0. The number of nitrogens with one attached hydrogen (secondary N) is 1. The fourth-order valence-corrected chi connectivity index (χ4v) is 2.12. The van der Waals surface area contributed by atoms with Crippen molar-refractivity contribution in [2.24, 2.45) is 0 Å². The molecule has 1 aromatic carbocycles. The molecule has 2 aromatic rings. The number of aromatic nitrogens is 3. The van der Waals surface area contributed by atoms with Gasteiger partial charge in [-0.2, -0.15) is 0 Å². The number of nitrogens with zero attached hydrogens (tertiary/aromatic N) is 4. The Labute approximate surface area is 123 Å². The van der Waals surface area contributed by atoms with Crippen LogP contribution in [-0.2, 0) is 6.54 Å². The largest absolute Gasteiger partial charge is 0.310 e. The lowest BCUT2D eigenvalue weighted by atomic mass is 10.0. The normalized spacial score (nSPS) is 12.3. The highest BCUT2D eigenvalue weighted by Gasteiger charge is 2.13. The topological polar surface area (TPSA) is 85.9 Å². The Hall–Kier alpha value is -2.28. The number of nitro groups is 1. The van der Waals surface area contributed by atoms with Crippen molar-refractivity contribution in [3.8, 4) is 0 Å². The quantitative estimate of drug-likeness (QED) is 0.480. The maximum absolute atomic E-state index is 11.0. The third-order valence-corrected chi connectivity index (χ3v) is 3.42. The summed E-state index contributed by atoms with van der Waals surface area (Å²) in [5, 5.41) is 22.0. The lowest BCUT2D eigenvalue weighted by Gasteiger charge is -2.14. The van der Waals surface area contributed by atoms with E-state index in [0.29, 0.717) is 5.56 Å². The van der Waals surface area contributed by atoms with Gasteiger partial charge < -0.3 is 5.32 Å². The molecule has 0 amide bonds. The minimum atomic E-state index is -0.337. The molecule has 0 radical (unpaired) electrons. The van der Waals surface area contributed by atoms with Crippen LogP contribution in [0, 0.1) is 17.0 Å². The first-order chi connectivity index (χ1) is 10.1. The van der Waals surface area contributed by atoms with Gasteiger partial charge in [0.05, 0.1) is 11.1 Å². The van der Waals surface area contributed by atoms with Crippen LogP contribution in [0.1, 0.15) is 30.5 Å². The third-order valence-electron chi connectivity index (χ3n) is 3.42. The summed E-state index contributed by atoms with van der Waals surface area (Å²) in [6.07, 6.45) is 4.40. The second-order valence-electron chi connectivity index (χ2n) is 5.00. The summed E-state index contributed by atoms with van der Waals surface area (Å²) < 4.78 is 1.78. The molecule has 0 bridgehead atoms. The molecule has 1 N–H and O–H groups in total. The number of rotatable bonds is 7. The first-order valence-electron chi connectivity index (χ1n) is 6.90. The summed E-state index contributed by atoms with van der Waals surface area (Å²) in [6.45, 7) is 5.36. The van der Waals surface area contributed by atoms with Crippen molar-refractivity contribution in [2.45, 2.75) is 32.9 Å². The fraction of sp³-hybridized carbons (Fsp3) is 0.429. The van der Waals surface area contributed by atoms with Crippen molar-refractivity contribution in [3.63, 3.8) is 0 Å². The van der Waals surface area contributed by atoms with Gasteiger partial charge in [-0.05, 0) is 32.4 Å². The SMILES string of the molecule is Cc1ccc(C(C)NCCCn2ccnn2)cc1[N+](=O)[O-]. The van der Waals surface area contributed by atoms with E-state index >= 15 is 0 Å². The zero-order valence-corrected chi connectivity index (χ0v) is 12.2. The molecule has 0 saturated carbocycles. The molecule has 2 rings (SSSR count). The van der Waals surface area contributed by atoms with Crippen LogP contribution in [0.5, 0.6) is 0 Å². The average Bonchev–Trinajstić information content (AvgIpc) is 2.96. The van der Waals surface area contributed by atoms with Gasteiger partial charge in [0.15, 0.2) is 0 Å². The van der Waals surface area contributed by atoms with Crippen LogP contribution in [0.3, 0.4) is 0 Å². The smallest absolute Gasteiger partial charge is 0.272 e. The Bertz CT molecular complexity index is 597. The molecule has 7 nitrogen and oxygen atoms in total. The van der Waals surface area contributed by atoms with E-state index in [0.717, 1.165) is 25.1 Å². The van der Waals surface area contributed by atoms with Crippen molar-refractivity contribution in [3.05, 3.63) is 51.8 Å². The standard InChI is InChI=1S/C14H19N5O2/c1-11-4-5-13(10-14(11)19(20)21)12(2)15-6-3-8-18-9-7-16-17-18/h4-5,7,9-10,12,15H,3,6,8H2,1-2H3. The monoisotopic (exact) mass is 289 g/mol. The molecule has 0 aliphatic rings. The van der Waals surface area contributed by atoms with Crippen LogP contribution in [0.25, 0.3) is 0 Å². The van der Waals surface area contributed by atoms with Crippen LogP contribution in [0.4, 0.5) is 5.69 Å². The van der Waals surface area contributed by atoms with Crippen molar-refractivity contribution >= 4 is 5.69 Å². The minimum Gasteiger partial charge on any atom is -0.310 e. The number of hydrogen-bond acceptors (Lipinski definition) is 5. The Morgan fingerprint density at radius 1 is 1.48 bits per heavy atom. The van der Waals surface area contributed by atoms with Gasteiger partial charge in [0.2, 0.25) is 0 Å². The fourth-order valence-electron chi connectivity index (χ4n) is 2.12. The van der Waals surface area contributed by atoms with Gasteiger partial charge in [-0.15, -0.1) is 5.10 Å². The number of nitro benzene ring substituents is 1. The molecule has 1 atom stereocenters. The highest BCUT2D eigenvalue weighted by molar-refractivity contribution is 5.43. The van der Waals surface area contributed by atoms with Crippen LogP contribution < -0.4 is 5.32 Å². The molecule has 0 aliphatic heterocycles. The van der Waals surface area contributed by atoms with E-state index in [4.69, 9.17) is 0 Å². The Balaban J connectivity index is 1.86. The van der Waals surface area contributed by atoms with Crippen molar-refractivity contribution in [1.29, 1.82) is 0 Å². The van der Waals surface area contributed by atoms with Crippen molar-refractivity contribution in [2.75, 3.05) is 6.54 Å². The summed E-state index contributed by atoms with van der Waals surface area (Å²) in [6, 6.07) is 5.43. The molecule has 7 heteroatoms. The van der Waals surface area contributed by atoms with Crippen LogP contribution >= 0.6 is 0 Å². The second-order valence-corrected chi connectivity index (χ2v) is 5.00. The second kappa shape index (κ2) is 6.94. The van der Waals surface area contributed by atoms with E-state index in [1.807, 2.05) is 19.2 Å². The first-order valence-corrected chi connectivity index (χ1v) is 6.90. The molecule has 0 aliphatic carbocycles. The molecule has 112 valence electrons. The van der Waals surface area contributed by atoms with E-state index < -0.39 is 0 Å².